The second-order valence-corrected chi connectivity index (χ2v) is 13.5. The molecular weight excluding hydrogens is 578 g/mol. The van der Waals surface area contributed by atoms with E-state index in [2.05, 4.69) is 31.1 Å². The fraction of sp³-hybridized carbons (Fsp3) is 0.433. The van der Waals surface area contributed by atoms with Crippen LogP contribution < -0.4 is 15.5 Å². The van der Waals surface area contributed by atoms with E-state index in [-0.39, 0.29) is 28.3 Å². The van der Waals surface area contributed by atoms with Gasteiger partial charge in [0.15, 0.2) is 5.82 Å². The largest absolute Gasteiger partial charge is 0.461 e. The lowest BCUT2D eigenvalue weighted by Crippen LogP contribution is -2.41. The topological polar surface area (TPSA) is 137 Å². The summed E-state index contributed by atoms with van der Waals surface area (Å²) in [6.45, 7) is 9.06. The Morgan fingerprint density at radius 1 is 1.14 bits per heavy atom. The Morgan fingerprint density at radius 3 is 2.40 bits per heavy atom. The molecule has 10 nitrogen and oxygen atoms in total. The third-order valence-corrected chi connectivity index (χ3v) is 9.95. The van der Waals surface area contributed by atoms with E-state index in [0.29, 0.717) is 34.1 Å². The lowest BCUT2D eigenvalue weighted by Gasteiger charge is -2.37. The van der Waals surface area contributed by atoms with Gasteiger partial charge in [-0.15, -0.1) is 0 Å². The lowest BCUT2D eigenvalue weighted by molar-refractivity contribution is -0.153. The fourth-order valence-electron chi connectivity index (χ4n) is 5.40. The highest BCUT2D eigenvalue weighted by Gasteiger charge is 2.36. The highest BCUT2D eigenvalue weighted by Crippen LogP contribution is 2.36. The molecule has 1 saturated carbocycles. The predicted octanol–water partition coefficient (Wildman–Crippen LogP) is 5.32. The Hall–Kier alpha value is -3.57. The van der Waals surface area contributed by atoms with Crippen LogP contribution in [-0.4, -0.2) is 42.6 Å². The number of nitrogens with zero attached hydrogens (tertiary/aromatic N) is 3. The first-order valence-corrected chi connectivity index (χ1v) is 15.8. The second kappa shape index (κ2) is 12.7. The van der Waals surface area contributed by atoms with Crippen molar-refractivity contribution in [3.8, 4) is 0 Å². The first-order valence-electron chi connectivity index (χ1n) is 14.0. The molecule has 1 aliphatic carbocycles. The number of halogens is 1. The molecule has 1 amide bonds. The number of aryl methyl sites for hydroxylation is 1. The number of amides is 1. The van der Waals surface area contributed by atoms with Gasteiger partial charge in [0, 0.05) is 5.69 Å². The molecule has 0 unspecified atom stereocenters. The van der Waals surface area contributed by atoms with Crippen LogP contribution in [0.5, 0.6) is 0 Å². The quantitative estimate of drug-likeness (QED) is 0.246. The molecule has 1 fully saturated rings. The van der Waals surface area contributed by atoms with Crippen molar-refractivity contribution in [1.82, 2.24) is 9.66 Å². The number of carbonyl (C=O) groups is 2. The summed E-state index contributed by atoms with van der Waals surface area (Å²) >= 11 is 6.12. The Bertz CT molecular complexity index is 1550. The maximum absolute atomic E-state index is 14.0. The van der Waals surface area contributed by atoms with E-state index in [0.717, 1.165) is 23.6 Å². The van der Waals surface area contributed by atoms with Crippen LogP contribution in [0.2, 0.25) is 5.02 Å². The molecule has 0 spiro atoms. The van der Waals surface area contributed by atoms with Gasteiger partial charge in [-0.05, 0) is 80.8 Å². The van der Waals surface area contributed by atoms with Crippen molar-refractivity contribution in [2.24, 2.45) is 17.8 Å². The van der Waals surface area contributed by atoms with Gasteiger partial charge in [0.05, 0.1) is 21.2 Å². The minimum absolute atomic E-state index is 0.0421. The SMILES string of the molecule is Cc1nc(N(CC(=O)O[C@H]2C[C@@H](C)CC[C@@H]2C(C)C)S(=O)(=O)c2ccc(NC(=O)c3ccccc3Cl)cc2)c(C)n1N. The number of aromatic nitrogens is 2. The van der Waals surface area contributed by atoms with Crippen molar-refractivity contribution < 1.29 is 22.7 Å². The molecule has 1 aliphatic rings. The van der Waals surface area contributed by atoms with Crippen LogP contribution in [0.4, 0.5) is 11.5 Å². The summed E-state index contributed by atoms with van der Waals surface area (Å²) in [7, 11) is -4.29. The van der Waals surface area contributed by atoms with Crippen LogP contribution in [0.25, 0.3) is 0 Å². The number of nitrogens with two attached hydrogens (primary N) is 1. The van der Waals surface area contributed by atoms with Gasteiger partial charge in [-0.2, -0.15) is 0 Å². The van der Waals surface area contributed by atoms with E-state index in [1.807, 2.05) is 0 Å². The van der Waals surface area contributed by atoms with Crippen molar-refractivity contribution in [2.75, 3.05) is 22.0 Å². The number of sulfonamides is 1. The fourth-order valence-corrected chi connectivity index (χ4v) is 7.04. The molecule has 2 aromatic carbocycles. The minimum Gasteiger partial charge on any atom is -0.461 e. The summed E-state index contributed by atoms with van der Waals surface area (Å²) in [5, 5.41) is 3.01. The van der Waals surface area contributed by atoms with Crippen molar-refractivity contribution in [1.29, 1.82) is 0 Å². The molecule has 0 bridgehead atoms. The molecule has 0 saturated heterocycles. The number of benzene rings is 2. The number of imidazole rings is 1. The number of esters is 1. The van der Waals surface area contributed by atoms with Crippen molar-refractivity contribution in [3.05, 3.63) is 70.6 Å². The van der Waals surface area contributed by atoms with E-state index >= 15 is 0 Å². The van der Waals surface area contributed by atoms with Gasteiger partial charge in [0.2, 0.25) is 0 Å². The van der Waals surface area contributed by atoms with Gasteiger partial charge in [-0.25, -0.2) is 22.4 Å². The summed E-state index contributed by atoms with van der Waals surface area (Å²) < 4.78 is 36.1. The molecule has 1 heterocycles. The molecule has 42 heavy (non-hydrogen) atoms. The molecule has 3 N–H and O–H groups in total. The van der Waals surface area contributed by atoms with Crippen LogP contribution >= 0.6 is 11.6 Å². The number of hydrogen-bond donors (Lipinski definition) is 2. The maximum Gasteiger partial charge on any atom is 0.327 e. The van der Waals surface area contributed by atoms with Crippen LogP contribution in [0.3, 0.4) is 0 Å². The first kappa shape index (κ1) is 31.4. The average Bonchev–Trinajstić information content (AvgIpc) is 3.18. The second-order valence-electron chi connectivity index (χ2n) is 11.3. The van der Waals surface area contributed by atoms with E-state index in [9.17, 15) is 18.0 Å². The van der Waals surface area contributed by atoms with Gasteiger partial charge < -0.3 is 15.9 Å². The Balaban J connectivity index is 1.60. The number of anilines is 2. The van der Waals surface area contributed by atoms with E-state index in [1.165, 1.54) is 28.9 Å². The van der Waals surface area contributed by atoms with Crippen LogP contribution in [0.15, 0.2) is 53.4 Å². The molecule has 4 rings (SSSR count). The van der Waals surface area contributed by atoms with E-state index in [1.54, 1.807) is 38.1 Å². The van der Waals surface area contributed by atoms with Crippen molar-refractivity contribution in [3.63, 3.8) is 0 Å². The van der Waals surface area contributed by atoms with Crippen LogP contribution in [0, 0.1) is 31.6 Å². The average molecular weight is 616 g/mol. The maximum atomic E-state index is 14.0. The third kappa shape index (κ3) is 6.73. The van der Waals surface area contributed by atoms with Crippen LogP contribution in [-0.2, 0) is 19.6 Å². The van der Waals surface area contributed by atoms with E-state index in [4.69, 9.17) is 22.2 Å². The summed E-state index contributed by atoms with van der Waals surface area (Å²) in [6.07, 6.45) is 2.46. The number of ether oxygens (including phenoxy) is 1. The van der Waals surface area contributed by atoms with Crippen molar-refractivity contribution in [2.45, 2.75) is 64.9 Å². The minimum atomic E-state index is -4.29. The molecule has 0 radical (unpaired) electrons. The highest BCUT2D eigenvalue weighted by molar-refractivity contribution is 7.92. The summed E-state index contributed by atoms with van der Waals surface area (Å²) in [5.74, 6) is 6.34. The summed E-state index contributed by atoms with van der Waals surface area (Å²) in [6, 6.07) is 12.3. The third-order valence-electron chi connectivity index (χ3n) is 7.87. The van der Waals surface area contributed by atoms with Gasteiger partial charge >= 0.3 is 5.97 Å². The number of nitrogen functional groups attached to an aromatic ring is 1. The number of hydrogen-bond acceptors (Lipinski definition) is 7. The van der Waals surface area contributed by atoms with Gasteiger partial charge in [-0.1, -0.05) is 50.9 Å². The molecule has 0 aliphatic heterocycles. The molecule has 3 atom stereocenters. The molecular formula is C30H38ClN5O5S. The van der Waals surface area contributed by atoms with E-state index < -0.39 is 28.4 Å². The monoisotopic (exact) mass is 615 g/mol. The lowest BCUT2D eigenvalue weighted by atomic mass is 9.75. The number of carbonyl (C=O) groups excluding carboxylic acids is 2. The normalized spacial score (nSPS) is 19.0. The first-order chi connectivity index (χ1) is 19.8. The zero-order chi connectivity index (χ0) is 30.8. The predicted molar refractivity (Wildman–Crippen MR) is 163 cm³/mol. The molecule has 12 heteroatoms. The number of rotatable bonds is 9. The molecule has 226 valence electrons. The van der Waals surface area contributed by atoms with Crippen molar-refractivity contribution >= 4 is 45.0 Å². The molecule has 3 aromatic rings. The van der Waals surface area contributed by atoms with Gasteiger partial charge in [-0.3, -0.25) is 9.59 Å². The zero-order valence-electron chi connectivity index (χ0n) is 24.5. The van der Waals surface area contributed by atoms with Gasteiger partial charge in [0.25, 0.3) is 15.9 Å². The summed E-state index contributed by atoms with van der Waals surface area (Å²) in [4.78, 5) is 30.3. The zero-order valence-corrected chi connectivity index (χ0v) is 26.1. The highest BCUT2D eigenvalue weighted by atomic mass is 35.5. The summed E-state index contributed by atoms with van der Waals surface area (Å²) in [5.41, 5.74) is 1.03. The Morgan fingerprint density at radius 2 is 1.81 bits per heavy atom. The standard InChI is InChI=1S/C30H38ClN5O5S/c1-18(2)24-15-10-19(3)16-27(24)41-28(37)17-35(29-20(4)36(32)21(5)33-29)42(39,40)23-13-11-22(12-14-23)34-30(38)25-8-6-7-9-26(25)31/h6-9,11-14,18-19,24,27H,10,15-17,32H2,1-5H3,(H,34,38)/t19-,24+,27-/m0/s1. The smallest absolute Gasteiger partial charge is 0.327 e. The molecule has 1 aromatic heterocycles. The van der Waals surface area contributed by atoms with Gasteiger partial charge in [0.1, 0.15) is 18.5 Å². The number of nitrogens with one attached hydrogen (secondary N) is 1. The Kier molecular flexibility index (Phi) is 9.52. The Labute approximate surface area is 252 Å². The van der Waals surface area contributed by atoms with Crippen LogP contribution in [0.1, 0.15) is 61.9 Å².